The SMILES string of the molecule is CCCOc1ccc(S(=O)(=O)N2CCN(CCO[N+](=O)[O-])CC2)cc1C1=NC(=O)C2C(=N1)C(CCC)=C(/C=N/O)N2C. The van der Waals surface area contributed by atoms with Gasteiger partial charge in [0.2, 0.25) is 10.0 Å². The lowest BCUT2D eigenvalue weighted by molar-refractivity contribution is -0.757. The molecule has 228 valence electrons. The number of carbonyl (C=O) groups is 1. The van der Waals surface area contributed by atoms with Crippen LogP contribution in [-0.4, -0.2) is 116 Å². The van der Waals surface area contributed by atoms with Gasteiger partial charge in [0.05, 0.1) is 34.7 Å². The van der Waals surface area contributed by atoms with E-state index in [9.17, 15) is 28.5 Å². The number of hydrogen-bond donors (Lipinski definition) is 1. The fraction of sp³-hybridized carbons (Fsp3) is 0.538. The van der Waals surface area contributed by atoms with Crippen molar-refractivity contribution in [1.29, 1.82) is 0 Å². The Hall–Kier alpha value is -3.89. The molecule has 3 aliphatic rings. The fourth-order valence-corrected chi connectivity index (χ4v) is 6.62. The Labute approximate surface area is 243 Å². The number of amides is 1. The minimum absolute atomic E-state index is 0.00456. The summed E-state index contributed by atoms with van der Waals surface area (Å²) in [6, 6.07) is 3.67. The number of allylic oxidation sites excluding steroid dienone is 1. The number of hydrogen-bond acceptors (Lipinski definition) is 12. The molecule has 0 spiro atoms. The molecule has 0 aromatic heterocycles. The third kappa shape index (κ3) is 6.44. The van der Waals surface area contributed by atoms with E-state index in [4.69, 9.17) is 9.73 Å². The van der Waals surface area contributed by atoms with Gasteiger partial charge in [-0.05, 0) is 31.0 Å². The summed E-state index contributed by atoms with van der Waals surface area (Å²) in [6.45, 7) is 5.68. The molecule has 1 unspecified atom stereocenters. The van der Waals surface area contributed by atoms with E-state index in [1.165, 1.54) is 22.7 Å². The van der Waals surface area contributed by atoms with Gasteiger partial charge in [0.1, 0.15) is 12.4 Å². The Bertz CT molecular complexity index is 1430. The first-order valence-corrected chi connectivity index (χ1v) is 15.2. The van der Waals surface area contributed by atoms with Crippen molar-refractivity contribution in [2.45, 2.75) is 44.0 Å². The lowest BCUT2D eigenvalue weighted by Gasteiger charge is -2.33. The molecule has 1 fully saturated rings. The van der Waals surface area contributed by atoms with Gasteiger partial charge in [-0.25, -0.2) is 13.4 Å². The van der Waals surface area contributed by atoms with Gasteiger partial charge < -0.3 is 19.7 Å². The van der Waals surface area contributed by atoms with E-state index in [0.29, 0.717) is 56.2 Å². The number of fused-ring (bicyclic) bond motifs is 1. The number of amidine groups is 1. The molecular weight excluding hydrogens is 570 g/mol. The maximum atomic E-state index is 13.7. The van der Waals surface area contributed by atoms with Crippen LogP contribution in [0.5, 0.6) is 5.75 Å². The van der Waals surface area contributed by atoms with Gasteiger partial charge in [-0.15, -0.1) is 10.1 Å². The summed E-state index contributed by atoms with van der Waals surface area (Å²) in [5, 5.41) is 21.9. The number of piperazine rings is 1. The van der Waals surface area contributed by atoms with Crippen molar-refractivity contribution in [3.63, 3.8) is 0 Å². The Balaban J connectivity index is 1.66. The zero-order chi connectivity index (χ0) is 30.4. The standard InChI is InChI=1S/C26H35N7O8S/c1-4-6-19-21(17-27-35)30(3)24-23(19)28-25(29-26(24)34)20-16-18(7-8-22(20)40-14-5-2)42(38,39)32-11-9-31(10-12-32)13-15-41-33(36)37/h7-8,16-17,24,35H,4-6,9-15H2,1-3H3/b27-17+. The van der Waals surface area contributed by atoms with E-state index in [1.54, 1.807) is 18.0 Å². The van der Waals surface area contributed by atoms with E-state index in [1.807, 2.05) is 18.7 Å². The molecule has 3 heterocycles. The number of rotatable bonds is 13. The molecule has 4 rings (SSSR count). The number of sulfonamides is 1. The second-order valence-corrected chi connectivity index (χ2v) is 11.9. The minimum atomic E-state index is -3.93. The van der Waals surface area contributed by atoms with E-state index >= 15 is 0 Å². The molecule has 3 aliphatic heterocycles. The van der Waals surface area contributed by atoms with E-state index in [0.717, 1.165) is 12.0 Å². The van der Waals surface area contributed by atoms with Crippen LogP contribution in [0, 0.1) is 10.1 Å². The van der Waals surface area contributed by atoms with Crippen molar-refractivity contribution in [1.82, 2.24) is 14.1 Å². The number of carbonyl (C=O) groups excluding carboxylic acids is 1. The first-order valence-electron chi connectivity index (χ1n) is 13.7. The highest BCUT2D eigenvalue weighted by molar-refractivity contribution is 7.89. The fourth-order valence-electron chi connectivity index (χ4n) is 5.17. The smallest absolute Gasteiger partial charge is 0.294 e. The third-order valence-electron chi connectivity index (χ3n) is 7.23. The maximum Gasteiger partial charge on any atom is 0.294 e. The van der Waals surface area contributed by atoms with Gasteiger partial charge in [0, 0.05) is 45.3 Å². The van der Waals surface area contributed by atoms with Crippen LogP contribution in [0.25, 0.3) is 0 Å². The van der Waals surface area contributed by atoms with Crippen LogP contribution in [0.1, 0.15) is 38.7 Å². The Morgan fingerprint density at radius 2 is 1.90 bits per heavy atom. The zero-order valence-electron chi connectivity index (χ0n) is 23.8. The Morgan fingerprint density at radius 1 is 1.17 bits per heavy atom. The summed E-state index contributed by atoms with van der Waals surface area (Å²) < 4.78 is 34.6. The average Bonchev–Trinajstić information content (AvgIpc) is 3.23. The summed E-state index contributed by atoms with van der Waals surface area (Å²) in [4.78, 5) is 40.6. The number of nitrogens with zero attached hydrogens (tertiary/aromatic N) is 7. The molecular formula is C26H35N7O8S. The van der Waals surface area contributed by atoms with Gasteiger partial charge in [-0.3, -0.25) is 9.69 Å². The van der Waals surface area contributed by atoms with E-state index in [-0.39, 0.29) is 36.0 Å². The summed E-state index contributed by atoms with van der Waals surface area (Å²) in [7, 11) is -2.23. The van der Waals surface area contributed by atoms with E-state index < -0.39 is 27.1 Å². The number of likely N-dealkylation sites (N-methyl/N-ethyl adjacent to an activating group) is 1. The number of benzene rings is 1. The van der Waals surface area contributed by atoms with Crippen molar-refractivity contribution < 1.29 is 33.1 Å². The van der Waals surface area contributed by atoms with Gasteiger partial charge in [-0.2, -0.15) is 9.30 Å². The normalized spacial score (nSPS) is 20.1. The Morgan fingerprint density at radius 3 is 2.55 bits per heavy atom. The average molecular weight is 606 g/mol. The monoisotopic (exact) mass is 605 g/mol. The second-order valence-electron chi connectivity index (χ2n) is 9.95. The molecule has 0 bridgehead atoms. The second kappa shape index (κ2) is 13.4. The van der Waals surface area contributed by atoms with Gasteiger partial charge in [0.15, 0.2) is 11.9 Å². The van der Waals surface area contributed by atoms with Crippen LogP contribution < -0.4 is 4.74 Å². The molecule has 1 atom stereocenters. The number of oxime groups is 1. The van der Waals surface area contributed by atoms with Crippen LogP contribution in [0.4, 0.5) is 0 Å². The van der Waals surface area contributed by atoms with Crippen molar-refractivity contribution in [3.8, 4) is 5.75 Å². The van der Waals surface area contributed by atoms with Gasteiger partial charge in [-0.1, -0.05) is 25.4 Å². The third-order valence-corrected chi connectivity index (χ3v) is 9.12. The topological polar surface area (TPSA) is 180 Å². The Kier molecular flexibility index (Phi) is 9.90. The van der Waals surface area contributed by atoms with Gasteiger partial charge in [0.25, 0.3) is 11.0 Å². The molecule has 0 saturated carbocycles. The van der Waals surface area contributed by atoms with Crippen molar-refractivity contribution in [3.05, 3.63) is 45.1 Å². The van der Waals surface area contributed by atoms with E-state index in [2.05, 4.69) is 15.0 Å². The maximum absolute atomic E-state index is 13.7. The van der Waals surface area contributed by atoms with Gasteiger partial charge >= 0.3 is 0 Å². The van der Waals surface area contributed by atoms with Crippen LogP contribution in [-0.2, 0) is 19.7 Å². The molecule has 1 N–H and O–H groups in total. The van der Waals surface area contributed by atoms with Crippen LogP contribution in [0.2, 0.25) is 0 Å². The summed E-state index contributed by atoms with van der Waals surface area (Å²) in [5.41, 5.74) is 2.08. The number of ether oxygens (including phenoxy) is 1. The molecule has 1 saturated heterocycles. The van der Waals surface area contributed by atoms with Crippen molar-refractivity contribution in [2.24, 2.45) is 15.1 Å². The van der Waals surface area contributed by atoms with Crippen molar-refractivity contribution >= 4 is 33.7 Å². The molecule has 15 nitrogen and oxygen atoms in total. The van der Waals surface area contributed by atoms with Crippen molar-refractivity contribution in [2.75, 3.05) is 53.0 Å². The highest BCUT2D eigenvalue weighted by Gasteiger charge is 2.42. The quantitative estimate of drug-likeness (QED) is 0.150. The molecule has 0 radical (unpaired) electrons. The largest absolute Gasteiger partial charge is 0.493 e. The highest BCUT2D eigenvalue weighted by atomic mass is 32.2. The van der Waals surface area contributed by atoms with Crippen LogP contribution in [0.15, 0.2) is 49.5 Å². The lowest BCUT2D eigenvalue weighted by Crippen LogP contribution is -2.49. The summed E-state index contributed by atoms with van der Waals surface area (Å²) in [6.07, 6.45) is 3.32. The molecule has 42 heavy (non-hydrogen) atoms. The first-order chi connectivity index (χ1) is 20.1. The summed E-state index contributed by atoms with van der Waals surface area (Å²) in [5.74, 6) is -0.0706. The molecule has 0 aliphatic carbocycles. The molecule has 1 aromatic carbocycles. The van der Waals surface area contributed by atoms with Crippen LogP contribution >= 0.6 is 0 Å². The first kappa shape index (κ1) is 31.1. The lowest BCUT2D eigenvalue weighted by atomic mass is 10.00. The predicted octanol–water partition coefficient (Wildman–Crippen LogP) is 1.55. The molecule has 1 amide bonds. The highest BCUT2D eigenvalue weighted by Crippen LogP contribution is 2.33. The number of aliphatic imine (C=N–C) groups is 2. The molecule has 16 heteroatoms. The molecule has 1 aromatic rings. The summed E-state index contributed by atoms with van der Waals surface area (Å²) >= 11 is 0. The predicted molar refractivity (Wildman–Crippen MR) is 153 cm³/mol. The minimum Gasteiger partial charge on any atom is -0.493 e. The van der Waals surface area contributed by atoms with Crippen LogP contribution in [0.3, 0.4) is 0 Å². The zero-order valence-corrected chi connectivity index (χ0v) is 24.6.